The molecular formula is C21H19BrN2O3S. The predicted molar refractivity (Wildman–Crippen MR) is 113 cm³/mol. The number of amides is 2. The van der Waals surface area contributed by atoms with Gasteiger partial charge in [-0.15, -0.1) is 11.3 Å². The molecule has 0 saturated carbocycles. The fraction of sp³-hybridized carbons (Fsp3) is 0.238. The van der Waals surface area contributed by atoms with Gasteiger partial charge in [0.2, 0.25) is 0 Å². The average Bonchev–Trinajstić information content (AvgIpc) is 3.41. The van der Waals surface area contributed by atoms with Gasteiger partial charge in [0.1, 0.15) is 0 Å². The van der Waals surface area contributed by atoms with Gasteiger partial charge < -0.3 is 14.6 Å². The van der Waals surface area contributed by atoms with Crippen molar-refractivity contribution >= 4 is 39.1 Å². The van der Waals surface area contributed by atoms with E-state index in [0.29, 0.717) is 23.7 Å². The molecule has 4 rings (SSSR count). The van der Waals surface area contributed by atoms with Crippen molar-refractivity contribution in [1.82, 2.24) is 10.2 Å². The molecule has 0 unspecified atom stereocenters. The Morgan fingerprint density at radius 2 is 1.82 bits per heavy atom. The summed E-state index contributed by atoms with van der Waals surface area (Å²) in [6.45, 7) is 1.22. The lowest BCUT2D eigenvalue weighted by molar-refractivity contribution is 0.0667. The zero-order chi connectivity index (χ0) is 19.5. The third-order valence-corrected chi connectivity index (χ3v) is 6.47. The van der Waals surface area contributed by atoms with Gasteiger partial charge in [-0.2, -0.15) is 0 Å². The van der Waals surface area contributed by atoms with E-state index in [9.17, 15) is 9.59 Å². The van der Waals surface area contributed by atoms with Crippen LogP contribution >= 0.6 is 27.3 Å². The van der Waals surface area contributed by atoms with Crippen LogP contribution in [0, 0.1) is 0 Å². The van der Waals surface area contributed by atoms with Crippen molar-refractivity contribution in [3.05, 3.63) is 69.9 Å². The van der Waals surface area contributed by atoms with Crippen molar-refractivity contribution in [2.75, 3.05) is 13.1 Å². The molecule has 144 valence electrons. The van der Waals surface area contributed by atoms with Gasteiger partial charge in [0, 0.05) is 28.5 Å². The van der Waals surface area contributed by atoms with Gasteiger partial charge in [-0.05, 0) is 54.8 Å². The van der Waals surface area contributed by atoms with Crippen LogP contribution in [0.1, 0.15) is 33.1 Å². The fourth-order valence-electron chi connectivity index (χ4n) is 3.27. The van der Waals surface area contributed by atoms with E-state index >= 15 is 0 Å². The first kappa shape index (κ1) is 19.0. The van der Waals surface area contributed by atoms with E-state index in [1.165, 1.54) is 17.6 Å². The number of hydrogen-bond acceptors (Lipinski definition) is 4. The van der Waals surface area contributed by atoms with Crippen LogP contribution in [-0.4, -0.2) is 35.8 Å². The highest BCUT2D eigenvalue weighted by Gasteiger charge is 2.26. The van der Waals surface area contributed by atoms with E-state index in [1.54, 1.807) is 17.0 Å². The van der Waals surface area contributed by atoms with Crippen LogP contribution in [-0.2, 0) is 0 Å². The lowest BCUT2D eigenvalue weighted by Crippen LogP contribution is -2.46. The van der Waals surface area contributed by atoms with Gasteiger partial charge in [0.25, 0.3) is 11.8 Å². The molecular weight excluding hydrogens is 440 g/mol. The van der Waals surface area contributed by atoms with Gasteiger partial charge in [-0.1, -0.05) is 28.1 Å². The highest BCUT2D eigenvalue weighted by molar-refractivity contribution is 9.10. The summed E-state index contributed by atoms with van der Waals surface area (Å²) in [6, 6.07) is 15.4. The molecule has 1 N–H and O–H groups in total. The summed E-state index contributed by atoms with van der Waals surface area (Å²) in [4.78, 5) is 28.5. The third kappa shape index (κ3) is 4.20. The Balaban J connectivity index is 1.32. The molecule has 0 spiro atoms. The molecule has 1 saturated heterocycles. The Hall–Kier alpha value is -2.38. The molecule has 3 aromatic rings. The monoisotopic (exact) mass is 458 g/mol. The molecule has 0 radical (unpaired) electrons. The minimum absolute atomic E-state index is 0.0517. The lowest BCUT2D eigenvalue weighted by Gasteiger charge is -2.31. The maximum atomic E-state index is 12.6. The molecule has 7 heteroatoms. The summed E-state index contributed by atoms with van der Waals surface area (Å²) in [5.41, 5.74) is 1.09. The largest absolute Gasteiger partial charge is 0.459 e. The van der Waals surface area contributed by atoms with E-state index < -0.39 is 0 Å². The molecule has 1 fully saturated rings. The minimum Gasteiger partial charge on any atom is -0.459 e. The van der Waals surface area contributed by atoms with E-state index in [2.05, 4.69) is 21.2 Å². The zero-order valence-electron chi connectivity index (χ0n) is 15.1. The van der Waals surface area contributed by atoms with Crippen molar-refractivity contribution < 1.29 is 14.0 Å². The lowest BCUT2D eigenvalue weighted by atomic mass is 10.0. The number of likely N-dealkylation sites (tertiary alicyclic amines) is 1. The highest BCUT2D eigenvalue weighted by atomic mass is 79.9. The Morgan fingerprint density at radius 3 is 2.50 bits per heavy atom. The van der Waals surface area contributed by atoms with Crippen LogP contribution in [0.3, 0.4) is 0 Å². The molecule has 2 amide bonds. The molecule has 0 atom stereocenters. The van der Waals surface area contributed by atoms with E-state index in [0.717, 1.165) is 27.8 Å². The fourth-order valence-corrected chi connectivity index (χ4v) is 4.45. The van der Waals surface area contributed by atoms with Crippen molar-refractivity contribution in [3.8, 4) is 10.4 Å². The van der Waals surface area contributed by atoms with E-state index in [4.69, 9.17) is 4.42 Å². The van der Waals surface area contributed by atoms with Gasteiger partial charge in [0.15, 0.2) is 5.76 Å². The number of rotatable bonds is 4. The highest BCUT2D eigenvalue weighted by Crippen LogP contribution is 2.29. The first-order valence-corrected chi connectivity index (χ1v) is 10.7. The van der Waals surface area contributed by atoms with E-state index in [1.807, 2.05) is 36.4 Å². The van der Waals surface area contributed by atoms with Gasteiger partial charge in [0.05, 0.1) is 11.1 Å². The zero-order valence-corrected chi connectivity index (χ0v) is 17.5. The van der Waals surface area contributed by atoms with Crippen LogP contribution in [0.15, 0.2) is 63.7 Å². The molecule has 1 aliphatic heterocycles. The second-order valence-electron chi connectivity index (χ2n) is 6.69. The quantitative estimate of drug-likeness (QED) is 0.610. The number of halogens is 1. The molecule has 0 aliphatic carbocycles. The number of furan rings is 1. The minimum atomic E-state index is -0.0906. The Bertz CT molecular complexity index is 958. The molecule has 1 aliphatic rings. The van der Waals surface area contributed by atoms with Crippen LogP contribution in [0.4, 0.5) is 0 Å². The van der Waals surface area contributed by atoms with Crippen LogP contribution in [0.25, 0.3) is 10.4 Å². The summed E-state index contributed by atoms with van der Waals surface area (Å²) in [5, 5.41) is 3.11. The number of piperidine rings is 1. The maximum absolute atomic E-state index is 12.6. The van der Waals surface area contributed by atoms with E-state index in [-0.39, 0.29) is 17.9 Å². The first-order chi connectivity index (χ1) is 13.6. The van der Waals surface area contributed by atoms with Crippen LogP contribution in [0.5, 0.6) is 0 Å². The van der Waals surface area contributed by atoms with Gasteiger partial charge in [-0.25, -0.2) is 0 Å². The summed E-state index contributed by atoms with van der Waals surface area (Å²) >= 11 is 4.92. The molecule has 28 heavy (non-hydrogen) atoms. The first-order valence-electron chi connectivity index (χ1n) is 9.09. The normalized spacial score (nSPS) is 14.8. The van der Waals surface area contributed by atoms with Gasteiger partial charge >= 0.3 is 0 Å². The number of benzene rings is 1. The molecule has 3 heterocycles. The van der Waals surface area contributed by atoms with Crippen molar-refractivity contribution in [3.63, 3.8) is 0 Å². The predicted octanol–water partition coefficient (Wildman–Crippen LogP) is 4.81. The summed E-state index contributed by atoms with van der Waals surface area (Å²) in [6.07, 6.45) is 2.98. The average molecular weight is 459 g/mol. The number of nitrogens with one attached hydrogen (secondary N) is 1. The number of thiophene rings is 1. The second kappa shape index (κ2) is 8.32. The summed E-state index contributed by atoms with van der Waals surface area (Å²) < 4.78 is 6.21. The Morgan fingerprint density at radius 1 is 1.07 bits per heavy atom. The third-order valence-electron chi connectivity index (χ3n) is 4.81. The second-order valence-corrected chi connectivity index (χ2v) is 8.69. The van der Waals surface area contributed by atoms with Crippen molar-refractivity contribution in [1.29, 1.82) is 0 Å². The standard InChI is InChI=1S/C21H19BrN2O3S/c22-15-5-3-14(4-6-15)18-7-8-19(28-18)20(25)23-16-9-11-24(12-10-16)21(26)17-2-1-13-27-17/h1-8,13,16H,9-12H2,(H,23,25). The molecule has 5 nitrogen and oxygen atoms in total. The van der Waals surface area contributed by atoms with Crippen molar-refractivity contribution in [2.24, 2.45) is 0 Å². The smallest absolute Gasteiger partial charge is 0.289 e. The summed E-state index contributed by atoms with van der Waals surface area (Å²) in [5.74, 6) is 0.220. The topological polar surface area (TPSA) is 62.6 Å². The number of carbonyl (C=O) groups excluding carboxylic acids is 2. The van der Waals surface area contributed by atoms with Crippen LogP contribution < -0.4 is 5.32 Å². The molecule has 0 bridgehead atoms. The number of nitrogens with zero attached hydrogens (tertiary/aromatic N) is 1. The van der Waals surface area contributed by atoms with Crippen LogP contribution in [0.2, 0.25) is 0 Å². The number of hydrogen-bond donors (Lipinski definition) is 1. The summed E-state index contributed by atoms with van der Waals surface area (Å²) in [7, 11) is 0. The SMILES string of the molecule is O=C(NC1CCN(C(=O)c2ccco2)CC1)c1ccc(-c2ccc(Br)cc2)s1. The molecule has 2 aromatic heterocycles. The number of carbonyl (C=O) groups is 2. The molecule has 1 aromatic carbocycles. The Labute approximate surface area is 175 Å². The van der Waals surface area contributed by atoms with Crippen molar-refractivity contribution in [2.45, 2.75) is 18.9 Å². The Kier molecular flexibility index (Phi) is 5.64. The van der Waals surface area contributed by atoms with Gasteiger partial charge in [-0.3, -0.25) is 9.59 Å². The maximum Gasteiger partial charge on any atom is 0.289 e.